The van der Waals surface area contributed by atoms with Crippen molar-refractivity contribution in [2.45, 2.75) is 58.9 Å². The maximum absolute atomic E-state index is 12.7. The highest BCUT2D eigenvalue weighted by Crippen LogP contribution is 2.20. The van der Waals surface area contributed by atoms with E-state index in [9.17, 15) is 13.6 Å². The Bertz CT molecular complexity index is 228. The van der Waals surface area contributed by atoms with Gasteiger partial charge in [0.2, 0.25) is 5.92 Å². The van der Waals surface area contributed by atoms with Crippen molar-refractivity contribution >= 4 is 6.03 Å². The molecular weight excluding hydrogens is 238 g/mol. The Labute approximate surface area is 109 Å². The van der Waals surface area contributed by atoms with Crippen molar-refractivity contribution in [1.29, 1.82) is 0 Å². The van der Waals surface area contributed by atoms with Gasteiger partial charge < -0.3 is 10.6 Å². The highest BCUT2D eigenvalue weighted by atomic mass is 19.3. The average molecular weight is 264 g/mol. The molecule has 0 aromatic carbocycles. The largest absolute Gasteiger partial charge is 0.338 e. The molecule has 0 aliphatic carbocycles. The molecule has 2 amide bonds. The zero-order valence-electron chi connectivity index (χ0n) is 11.9. The Balaban J connectivity index is 0. The lowest BCUT2D eigenvalue weighted by atomic mass is 10.1. The van der Waals surface area contributed by atoms with Crippen molar-refractivity contribution in [2.24, 2.45) is 0 Å². The molecule has 0 rings (SSSR count). The van der Waals surface area contributed by atoms with E-state index in [0.29, 0.717) is 13.0 Å². The summed E-state index contributed by atoms with van der Waals surface area (Å²) < 4.78 is 25.3. The topological polar surface area (TPSA) is 41.1 Å². The SMILES string of the molecule is C=CCC(CCC(C)(F)F)NC(=O)NCC.CC. The molecule has 2 N–H and O–H groups in total. The Hall–Kier alpha value is -1.13. The average Bonchev–Trinajstić information content (AvgIpc) is 2.28. The highest BCUT2D eigenvalue weighted by Gasteiger charge is 2.23. The zero-order chi connectivity index (χ0) is 14.6. The van der Waals surface area contributed by atoms with Crippen LogP contribution in [0, 0.1) is 0 Å². The Morgan fingerprint density at radius 1 is 1.44 bits per heavy atom. The van der Waals surface area contributed by atoms with Gasteiger partial charge in [-0.3, -0.25) is 0 Å². The molecule has 3 nitrogen and oxygen atoms in total. The van der Waals surface area contributed by atoms with Gasteiger partial charge >= 0.3 is 6.03 Å². The van der Waals surface area contributed by atoms with Crippen LogP contribution in [0.2, 0.25) is 0 Å². The van der Waals surface area contributed by atoms with Crippen molar-refractivity contribution in [2.75, 3.05) is 6.54 Å². The minimum absolute atomic E-state index is 0.238. The maximum Gasteiger partial charge on any atom is 0.315 e. The third-order valence-corrected chi connectivity index (χ3v) is 2.06. The molecule has 1 atom stereocenters. The number of alkyl halides is 2. The molecule has 1 unspecified atom stereocenters. The van der Waals surface area contributed by atoms with Crippen LogP contribution in [0.4, 0.5) is 13.6 Å². The summed E-state index contributed by atoms with van der Waals surface area (Å²) in [7, 11) is 0. The second kappa shape index (κ2) is 11.0. The Kier molecular flexibility index (Phi) is 11.7. The van der Waals surface area contributed by atoms with Gasteiger partial charge in [0.05, 0.1) is 0 Å². The van der Waals surface area contributed by atoms with E-state index in [0.717, 1.165) is 6.92 Å². The fraction of sp³-hybridized carbons (Fsp3) is 0.769. The Morgan fingerprint density at radius 3 is 2.39 bits per heavy atom. The summed E-state index contributed by atoms with van der Waals surface area (Å²) in [5, 5.41) is 5.20. The van der Waals surface area contributed by atoms with Crippen LogP contribution in [0.1, 0.15) is 47.0 Å². The van der Waals surface area contributed by atoms with Gasteiger partial charge in [-0.15, -0.1) is 6.58 Å². The maximum atomic E-state index is 12.7. The number of carbonyl (C=O) groups excluding carboxylic acids is 1. The van der Waals surface area contributed by atoms with Crippen molar-refractivity contribution in [3.63, 3.8) is 0 Å². The number of carbonyl (C=O) groups is 1. The minimum Gasteiger partial charge on any atom is -0.338 e. The predicted molar refractivity (Wildman–Crippen MR) is 72.0 cm³/mol. The first-order valence-electron chi connectivity index (χ1n) is 6.42. The van der Waals surface area contributed by atoms with Crippen LogP contribution >= 0.6 is 0 Å². The fourth-order valence-electron chi connectivity index (χ4n) is 1.27. The monoisotopic (exact) mass is 264 g/mol. The molecule has 108 valence electrons. The molecule has 0 saturated carbocycles. The van der Waals surface area contributed by atoms with Gasteiger partial charge in [-0.2, -0.15) is 0 Å². The normalized spacial score (nSPS) is 11.9. The number of urea groups is 1. The molecule has 0 aliphatic heterocycles. The number of hydrogen-bond donors (Lipinski definition) is 2. The fourth-order valence-corrected chi connectivity index (χ4v) is 1.27. The lowest BCUT2D eigenvalue weighted by Crippen LogP contribution is -2.42. The summed E-state index contributed by atoms with van der Waals surface area (Å²) >= 11 is 0. The summed E-state index contributed by atoms with van der Waals surface area (Å²) in [6.45, 7) is 10.7. The molecule has 18 heavy (non-hydrogen) atoms. The van der Waals surface area contributed by atoms with E-state index >= 15 is 0 Å². The van der Waals surface area contributed by atoms with Crippen molar-refractivity contribution in [3.05, 3.63) is 12.7 Å². The lowest BCUT2D eigenvalue weighted by Gasteiger charge is -2.19. The van der Waals surface area contributed by atoms with Crippen molar-refractivity contribution in [1.82, 2.24) is 10.6 Å². The summed E-state index contributed by atoms with van der Waals surface area (Å²) in [4.78, 5) is 11.2. The molecule has 0 fully saturated rings. The number of rotatable bonds is 7. The number of amides is 2. The van der Waals surface area contributed by atoms with E-state index in [1.807, 2.05) is 13.8 Å². The van der Waals surface area contributed by atoms with E-state index < -0.39 is 5.92 Å². The van der Waals surface area contributed by atoms with Crippen LogP contribution in [-0.4, -0.2) is 24.5 Å². The van der Waals surface area contributed by atoms with E-state index in [-0.39, 0.29) is 24.9 Å². The first-order chi connectivity index (χ1) is 8.39. The van der Waals surface area contributed by atoms with Crippen LogP contribution in [0.5, 0.6) is 0 Å². The van der Waals surface area contributed by atoms with Gasteiger partial charge in [-0.1, -0.05) is 19.9 Å². The molecule has 0 spiro atoms. The van der Waals surface area contributed by atoms with E-state index in [4.69, 9.17) is 0 Å². The molecule has 0 heterocycles. The minimum atomic E-state index is -2.69. The van der Waals surface area contributed by atoms with Gasteiger partial charge in [0.15, 0.2) is 0 Å². The summed E-state index contributed by atoms with van der Waals surface area (Å²) in [5.74, 6) is -2.69. The highest BCUT2D eigenvalue weighted by molar-refractivity contribution is 5.74. The standard InChI is InChI=1S/C11H20F2N2O.C2H6/c1-4-6-9(7-8-11(3,12)13)15-10(16)14-5-2;1-2/h4,9H,1,5-8H2,2-3H3,(H2,14,15,16);1-2H3. The van der Waals surface area contributed by atoms with Crippen LogP contribution in [-0.2, 0) is 0 Å². The third kappa shape index (κ3) is 12.9. The zero-order valence-corrected chi connectivity index (χ0v) is 11.9. The molecule has 0 bridgehead atoms. The number of hydrogen-bond acceptors (Lipinski definition) is 1. The van der Waals surface area contributed by atoms with Crippen LogP contribution in [0.25, 0.3) is 0 Å². The molecule has 0 saturated heterocycles. The molecule has 5 heteroatoms. The van der Waals surface area contributed by atoms with Crippen LogP contribution < -0.4 is 10.6 Å². The van der Waals surface area contributed by atoms with Crippen LogP contribution in [0.3, 0.4) is 0 Å². The molecular formula is C13H26F2N2O. The summed E-state index contributed by atoms with van der Waals surface area (Å²) in [6.07, 6.45) is 2.11. The van der Waals surface area contributed by atoms with Gasteiger partial charge in [0, 0.05) is 19.0 Å². The smallest absolute Gasteiger partial charge is 0.315 e. The molecule has 0 radical (unpaired) electrons. The third-order valence-electron chi connectivity index (χ3n) is 2.06. The Morgan fingerprint density at radius 2 is 2.00 bits per heavy atom. The van der Waals surface area contributed by atoms with Gasteiger partial charge in [0.25, 0.3) is 0 Å². The first kappa shape index (κ1) is 19.2. The quantitative estimate of drug-likeness (QED) is 0.676. The number of nitrogens with one attached hydrogen (secondary N) is 2. The first-order valence-corrected chi connectivity index (χ1v) is 6.42. The summed E-state index contributed by atoms with van der Waals surface area (Å²) in [6, 6.07) is -0.608. The lowest BCUT2D eigenvalue weighted by molar-refractivity contribution is 0.00860. The van der Waals surface area contributed by atoms with E-state index in [1.54, 1.807) is 13.0 Å². The second-order valence-corrected chi connectivity index (χ2v) is 3.83. The van der Waals surface area contributed by atoms with Crippen molar-refractivity contribution < 1.29 is 13.6 Å². The van der Waals surface area contributed by atoms with Crippen molar-refractivity contribution in [3.8, 4) is 0 Å². The molecule has 0 aromatic rings. The van der Waals surface area contributed by atoms with Gasteiger partial charge in [0.1, 0.15) is 0 Å². The van der Waals surface area contributed by atoms with E-state index in [1.165, 1.54) is 0 Å². The van der Waals surface area contributed by atoms with E-state index in [2.05, 4.69) is 17.2 Å². The number of halogens is 2. The second-order valence-electron chi connectivity index (χ2n) is 3.83. The van der Waals surface area contributed by atoms with Crippen LogP contribution in [0.15, 0.2) is 12.7 Å². The molecule has 0 aromatic heterocycles. The summed E-state index contributed by atoms with van der Waals surface area (Å²) in [5.41, 5.74) is 0. The predicted octanol–water partition coefficient (Wildman–Crippen LogP) is 3.71. The van der Waals surface area contributed by atoms with Gasteiger partial charge in [-0.25, -0.2) is 13.6 Å². The molecule has 0 aliphatic rings. The van der Waals surface area contributed by atoms with Gasteiger partial charge in [-0.05, 0) is 26.7 Å².